The Morgan fingerprint density at radius 3 is 2.12 bits per heavy atom. The van der Waals surface area contributed by atoms with E-state index in [1.54, 1.807) is 18.2 Å². The maximum absolute atomic E-state index is 12.7. The van der Waals surface area contributed by atoms with Gasteiger partial charge in [-0.05, 0) is 30.3 Å². The van der Waals surface area contributed by atoms with Gasteiger partial charge < -0.3 is 10.1 Å². The highest BCUT2D eigenvalue weighted by Gasteiger charge is 2.32. The smallest absolute Gasteiger partial charge is 0.417 e. The molecule has 0 radical (unpaired) electrons. The van der Waals surface area contributed by atoms with Gasteiger partial charge >= 0.3 is 12.2 Å². The second kappa shape index (κ2) is 9.64. The minimum atomic E-state index is -4.62. The molecule has 6 nitrogen and oxygen atoms in total. The van der Waals surface area contributed by atoms with Crippen molar-refractivity contribution in [1.29, 1.82) is 0 Å². The Kier molecular flexibility index (Phi) is 7.12. The number of rotatable bonds is 4. The summed E-state index contributed by atoms with van der Waals surface area (Å²) in [7, 11) is 0. The highest BCUT2D eigenvalue weighted by molar-refractivity contribution is 6.38. The maximum atomic E-state index is 12.7. The molecule has 32 heavy (non-hydrogen) atoms. The number of carbonyl (C=O) groups is 2. The monoisotopic (exact) mass is 503 g/mol. The van der Waals surface area contributed by atoms with Gasteiger partial charge in [0, 0.05) is 17.4 Å². The molecule has 12 heteroatoms. The molecule has 3 amide bonds. The van der Waals surface area contributed by atoms with E-state index in [1.165, 1.54) is 24.3 Å². The highest BCUT2D eigenvalue weighted by Crippen LogP contribution is 2.41. The summed E-state index contributed by atoms with van der Waals surface area (Å²) in [5.74, 6) is -1.12. The summed E-state index contributed by atoms with van der Waals surface area (Å²) in [4.78, 5) is 27.6. The first-order valence-corrected chi connectivity index (χ1v) is 9.75. The number of amides is 3. The maximum Gasteiger partial charge on any atom is 0.417 e. The fourth-order valence-corrected chi connectivity index (χ4v) is 3.18. The molecule has 0 aliphatic rings. The van der Waals surface area contributed by atoms with E-state index in [2.05, 4.69) is 15.6 Å². The van der Waals surface area contributed by atoms with Gasteiger partial charge in [-0.2, -0.15) is 13.2 Å². The van der Waals surface area contributed by atoms with E-state index in [1.807, 2.05) is 0 Å². The second-order valence-electron chi connectivity index (χ2n) is 6.15. The lowest BCUT2D eigenvalue weighted by Crippen LogP contribution is -2.34. The van der Waals surface area contributed by atoms with Gasteiger partial charge in [0.15, 0.2) is 5.75 Å². The largest absolute Gasteiger partial charge is 0.434 e. The third kappa shape index (κ3) is 5.82. The molecule has 0 saturated carbocycles. The number of benzene rings is 2. The first kappa shape index (κ1) is 23.6. The van der Waals surface area contributed by atoms with Gasteiger partial charge in [0.2, 0.25) is 5.88 Å². The van der Waals surface area contributed by atoms with Crippen LogP contribution in [0, 0.1) is 0 Å². The van der Waals surface area contributed by atoms with E-state index in [9.17, 15) is 22.8 Å². The summed E-state index contributed by atoms with van der Waals surface area (Å²) in [6.45, 7) is 0. The number of carbonyl (C=O) groups excluding carboxylic acids is 2. The van der Waals surface area contributed by atoms with Gasteiger partial charge in [-0.1, -0.05) is 53.0 Å². The van der Waals surface area contributed by atoms with Crippen molar-refractivity contribution in [2.24, 2.45) is 0 Å². The Hall–Kier alpha value is -3.01. The number of ether oxygens (including phenoxy) is 1. The fraction of sp³-hybridized carbons (Fsp3) is 0.0500. The number of hydrogen-bond donors (Lipinski definition) is 2. The highest BCUT2D eigenvalue weighted by atomic mass is 35.5. The van der Waals surface area contributed by atoms with Crippen molar-refractivity contribution in [3.05, 3.63) is 80.9 Å². The zero-order valence-electron chi connectivity index (χ0n) is 15.6. The van der Waals surface area contributed by atoms with Gasteiger partial charge in [0.1, 0.15) is 5.02 Å². The number of pyridine rings is 1. The zero-order chi connectivity index (χ0) is 23.5. The molecule has 0 bridgehead atoms. The fourth-order valence-electron chi connectivity index (χ4n) is 2.41. The third-order valence-corrected chi connectivity index (χ3v) is 4.68. The molecular weight excluding hydrogens is 494 g/mol. The second-order valence-corrected chi connectivity index (χ2v) is 7.38. The van der Waals surface area contributed by atoms with Gasteiger partial charge in [0.05, 0.1) is 15.6 Å². The van der Waals surface area contributed by atoms with Crippen LogP contribution < -0.4 is 15.4 Å². The van der Waals surface area contributed by atoms with E-state index in [0.717, 1.165) is 0 Å². The van der Waals surface area contributed by atoms with Crippen molar-refractivity contribution >= 4 is 52.4 Å². The van der Waals surface area contributed by atoms with Crippen LogP contribution in [-0.2, 0) is 6.18 Å². The zero-order valence-corrected chi connectivity index (χ0v) is 17.9. The summed E-state index contributed by atoms with van der Waals surface area (Å²) in [5.41, 5.74) is -0.650. The molecule has 0 saturated heterocycles. The van der Waals surface area contributed by atoms with Crippen LogP contribution in [-0.4, -0.2) is 16.9 Å². The number of anilines is 1. The molecule has 1 aromatic heterocycles. The van der Waals surface area contributed by atoms with Crippen molar-refractivity contribution in [1.82, 2.24) is 10.3 Å². The molecule has 0 fully saturated rings. The number of nitrogens with one attached hydrogen (secondary N) is 2. The number of nitrogens with zero attached hydrogens (tertiary/aromatic N) is 1. The van der Waals surface area contributed by atoms with Crippen LogP contribution in [0.1, 0.15) is 15.9 Å². The normalized spacial score (nSPS) is 11.1. The average molecular weight is 505 g/mol. The summed E-state index contributed by atoms with van der Waals surface area (Å²) < 4.78 is 43.6. The summed E-state index contributed by atoms with van der Waals surface area (Å²) in [6, 6.07) is 10.4. The lowest BCUT2D eigenvalue weighted by atomic mass is 10.2. The molecule has 2 N–H and O–H groups in total. The van der Waals surface area contributed by atoms with Gasteiger partial charge in [-0.3, -0.25) is 10.1 Å². The predicted molar refractivity (Wildman–Crippen MR) is 114 cm³/mol. The molecule has 3 aromatic rings. The Morgan fingerprint density at radius 1 is 0.938 bits per heavy atom. The summed E-state index contributed by atoms with van der Waals surface area (Å²) in [5, 5.41) is 3.92. The molecular formula is C20H11Cl3F3N3O3. The van der Waals surface area contributed by atoms with Crippen LogP contribution in [0.25, 0.3) is 0 Å². The number of urea groups is 1. The Balaban J connectivity index is 1.73. The summed E-state index contributed by atoms with van der Waals surface area (Å²) >= 11 is 18.1. The average Bonchev–Trinajstić information content (AvgIpc) is 2.71. The minimum Gasteiger partial charge on any atom is -0.434 e. The lowest BCUT2D eigenvalue weighted by Gasteiger charge is -2.13. The van der Waals surface area contributed by atoms with Gasteiger partial charge in [-0.15, -0.1) is 0 Å². The van der Waals surface area contributed by atoms with E-state index >= 15 is 0 Å². The Labute approximate surface area is 194 Å². The Bertz CT molecular complexity index is 1150. The summed E-state index contributed by atoms with van der Waals surface area (Å²) in [6.07, 6.45) is -4.08. The molecule has 0 aliphatic heterocycles. The number of halogens is 6. The van der Waals surface area contributed by atoms with Crippen LogP contribution in [0.3, 0.4) is 0 Å². The number of hydrogen-bond acceptors (Lipinski definition) is 4. The molecule has 2 aromatic carbocycles. The van der Waals surface area contributed by atoms with E-state index in [4.69, 9.17) is 39.5 Å². The van der Waals surface area contributed by atoms with Gasteiger partial charge in [-0.25, -0.2) is 9.78 Å². The van der Waals surface area contributed by atoms with E-state index in [-0.39, 0.29) is 32.9 Å². The molecule has 0 spiro atoms. The third-order valence-electron chi connectivity index (χ3n) is 3.85. The van der Waals surface area contributed by atoms with Crippen LogP contribution in [0.15, 0.2) is 54.7 Å². The molecule has 1 heterocycles. The molecule has 166 valence electrons. The SMILES string of the molecule is O=C(NC(=O)c1ccccc1)Nc1cc(Cl)c(Oc2ncc(C(F)(F)F)cc2Cl)c(Cl)c1. The number of alkyl halides is 3. The van der Waals surface area contributed by atoms with Crippen LogP contribution in [0.2, 0.25) is 15.1 Å². The minimum absolute atomic E-state index is 0.0973. The van der Waals surface area contributed by atoms with Crippen molar-refractivity contribution in [2.45, 2.75) is 6.18 Å². The molecule has 0 atom stereocenters. The van der Waals surface area contributed by atoms with E-state index < -0.39 is 28.7 Å². The van der Waals surface area contributed by atoms with Crippen molar-refractivity contribution < 1.29 is 27.5 Å². The predicted octanol–water partition coefficient (Wildman–Crippen LogP) is 6.81. The lowest BCUT2D eigenvalue weighted by molar-refractivity contribution is -0.137. The van der Waals surface area contributed by atoms with Gasteiger partial charge in [0.25, 0.3) is 5.91 Å². The van der Waals surface area contributed by atoms with Crippen molar-refractivity contribution in [3.63, 3.8) is 0 Å². The number of aromatic nitrogens is 1. The van der Waals surface area contributed by atoms with Crippen molar-refractivity contribution in [2.75, 3.05) is 5.32 Å². The number of imide groups is 1. The van der Waals surface area contributed by atoms with E-state index in [0.29, 0.717) is 12.3 Å². The van der Waals surface area contributed by atoms with Crippen LogP contribution in [0.4, 0.5) is 23.7 Å². The topological polar surface area (TPSA) is 80.3 Å². The molecule has 0 unspecified atom stereocenters. The van der Waals surface area contributed by atoms with Crippen LogP contribution in [0.5, 0.6) is 11.6 Å². The molecule has 3 rings (SSSR count). The Morgan fingerprint density at radius 2 is 1.56 bits per heavy atom. The quantitative estimate of drug-likeness (QED) is 0.409. The molecule has 0 aliphatic carbocycles. The first-order chi connectivity index (χ1) is 15.0. The standard InChI is InChI=1S/C20H11Cl3F3N3O3/c21-13-7-12(28-19(31)29-17(30)10-4-2-1-3-5-10)8-14(22)16(13)32-18-15(23)6-11(9-27-18)20(24,25)26/h1-9H,(H2,28,29,30,31). The van der Waals surface area contributed by atoms with Crippen molar-refractivity contribution in [3.8, 4) is 11.6 Å². The van der Waals surface area contributed by atoms with Crippen LogP contribution >= 0.6 is 34.8 Å². The first-order valence-electron chi connectivity index (χ1n) is 8.61.